The second kappa shape index (κ2) is 6.02. The third kappa shape index (κ3) is 3.35. The summed E-state index contributed by atoms with van der Waals surface area (Å²) in [5, 5.41) is 12.1. The van der Waals surface area contributed by atoms with Gasteiger partial charge in [-0.15, -0.1) is 0 Å². The van der Waals surface area contributed by atoms with Crippen molar-refractivity contribution in [2.75, 3.05) is 13.8 Å². The number of fused-ring (bicyclic) bond motifs is 1. The zero-order valence-corrected chi connectivity index (χ0v) is 11.0. The van der Waals surface area contributed by atoms with Crippen molar-refractivity contribution < 1.29 is 32.5 Å². The summed E-state index contributed by atoms with van der Waals surface area (Å²) in [6, 6.07) is 1.86. The molecule has 1 heterocycles. The van der Waals surface area contributed by atoms with Crippen molar-refractivity contribution in [2.24, 2.45) is 0 Å². The van der Waals surface area contributed by atoms with E-state index in [0.29, 0.717) is 6.07 Å². The minimum Gasteiger partial charge on any atom is -0.423 e. The summed E-state index contributed by atoms with van der Waals surface area (Å²) in [4.78, 5) is 16.4. The molecule has 6 nitrogen and oxygen atoms in total. The first kappa shape index (κ1) is 15.8. The highest BCUT2D eigenvalue weighted by Gasteiger charge is 2.40. The van der Waals surface area contributed by atoms with Crippen LogP contribution in [0.2, 0.25) is 0 Å². The van der Waals surface area contributed by atoms with Crippen molar-refractivity contribution in [3.63, 3.8) is 0 Å². The van der Waals surface area contributed by atoms with Gasteiger partial charge >= 0.3 is 13.3 Å². The first-order chi connectivity index (χ1) is 9.84. The van der Waals surface area contributed by atoms with Crippen LogP contribution in [0.15, 0.2) is 12.1 Å². The Labute approximate surface area is 118 Å². The van der Waals surface area contributed by atoms with Gasteiger partial charge in [-0.1, -0.05) is 0 Å². The minimum atomic E-state index is -4.65. The van der Waals surface area contributed by atoms with Gasteiger partial charge in [0.25, 0.3) is 5.91 Å². The Morgan fingerprint density at radius 1 is 1.52 bits per heavy atom. The Kier molecular flexibility index (Phi) is 4.52. The molecule has 1 aliphatic rings. The van der Waals surface area contributed by atoms with Crippen LogP contribution < -0.4 is 16.3 Å². The molecule has 0 saturated carbocycles. The number of halogens is 3. The molecule has 0 spiro atoms. The van der Waals surface area contributed by atoms with E-state index in [1.165, 1.54) is 0 Å². The maximum atomic E-state index is 13.0. The normalized spacial score (nSPS) is 14.2. The number of hydrogen-bond acceptors (Lipinski definition) is 5. The third-order valence-electron chi connectivity index (χ3n) is 2.88. The molecule has 0 aromatic heterocycles. The molecule has 0 radical (unpaired) electrons. The molecule has 3 N–H and O–H groups in total. The van der Waals surface area contributed by atoms with E-state index in [0.717, 1.165) is 6.07 Å². The number of hydroxylamine groups is 1. The fourth-order valence-electron chi connectivity index (χ4n) is 1.94. The van der Waals surface area contributed by atoms with Crippen molar-refractivity contribution in [3.8, 4) is 0 Å². The predicted molar refractivity (Wildman–Crippen MR) is 66.3 cm³/mol. The molecule has 114 valence electrons. The zero-order valence-electron chi connectivity index (χ0n) is 11.0. The van der Waals surface area contributed by atoms with Gasteiger partial charge in [0, 0.05) is 5.56 Å². The number of alkyl halides is 3. The van der Waals surface area contributed by atoms with E-state index in [1.54, 1.807) is 7.05 Å². The monoisotopic (exact) mass is 304 g/mol. The number of carbonyl (C=O) groups excluding carboxylic acids is 1. The summed E-state index contributed by atoms with van der Waals surface area (Å²) >= 11 is 0. The molecule has 1 aliphatic heterocycles. The van der Waals surface area contributed by atoms with E-state index in [4.69, 9.17) is 4.65 Å². The molecule has 0 atom stereocenters. The van der Waals surface area contributed by atoms with Gasteiger partial charge in [0.1, 0.15) is 6.73 Å². The Hall–Kier alpha value is -1.62. The lowest BCUT2D eigenvalue weighted by Crippen LogP contribution is -2.33. The number of nitrogens with one attached hydrogen (secondary N) is 2. The number of hydrogen-bond donors (Lipinski definition) is 3. The molecule has 21 heavy (non-hydrogen) atoms. The number of rotatable bonds is 4. The van der Waals surface area contributed by atoms with Crippen LogP contribution in [-0.2, 0) is 22.3 Å². The van der Waals surface area contributed by atoms with Crippen LogP contribution in [0.25, 0.3) is 0 Å². The maximum absolute atomic E-state index is 13.0. The predicted octanol–water partition coefficient (Wildman–Crippen LogP) is -0.239. The van der Waals surface area contributed by atoms with Gasteiger partial charge in [-0.2, -0.15) is 13.2 Å². The van der Waals surface area contributed by atoms with Gasteiger partial charge in [-0.25, -0.2) is 5.48 Å². The lowest BCUT2D eigenvalue weighted by Gasteiger charge is -2.14. The topological polar surface area (TPSA) is 79.8 Å². The molecule has 0 aliphatic carbocycles. The number of benzene rings is 1. The van der Waals surface area contributed by atoms with Crippen LogP contribution in [0.1, 0.15) is 21.5 Å². The van der Waals surface area contributed by atoms with E-state index in [1.807, 2.05) is 5.48 Å². The maximum Gasteiger partial charge on any atom is 0.491 e. The molecule has 0 bridgehead atoms. The van der Waals surface area contributed by atoms with Crippen LogP contribution in [0.4, 0.5) is 13.2 Å². The van der Waals surface area contributed by atoms with Crippen LogP contribution in [0, 0.1) is 0 Å². The summed E-state index contributed by atoms with van der Waals surface area (Å²) in [5.41, 5.74) is 0.483. The van der Waals surface area contributed by atoms with Crippen molar-refractivity contribution in [1.29, 1.82) is 0 Å². The summed E-state index contributed by atoms with van der Waals surface area (Å²) in [6.45, 7) is -0.363. The summed E-state index contributed by atoms with van der Waals surface area (Å²) in [6.07, 6.45) is -4.65. The highest BCUT2D eigenvalue weighted by molar-refractivity contribution is 6.61. The smallest absolute Gasteiger partial charge is 0.423 e. The summed E-state index contributed by atoms with van der Waals surface area (Å²) in [5.74, 6) is -0.849. The van der Waals surface area contributed by atoms with E-state index in [2.05, 4.69) is 10.2 Å². The Morgan fingerprint density at radius 2 is 2.24 bits per heavy atom. The lowest BCUT2D eigenvalue weighted by atomic mass is 9.77. The van der Waals surface area contributed by atoms with E-state index >= 15 is 0 Å². The SMILES string of the molecule is CNCONC(=O)c1cc2c(c(C(F)(F)F)c1)COB2O. The fraction of sp³-hybridized carbons (Fsp3) is 0.364. The van der Waals surface area contributed by atoms with E-state index in [9.17, 15) is 23.0 Å². The van der Waals surface area contributed by atoms with Gasteiger partial charge in [-0.3, -0.25) is 14.9 Å². The van der Waals surface area contributed by atoms with Crippen LogP contribution in [0.3, 0.4) is 0 Å². The molecule has 10 heteroatoms. The molecule has 1 aromatic rings. The molecule has 1 amide bonds. The minimum absolute atomic E-state index is 0.00541. The molecule has 1 aromatic carbocycles. The second-order valence-electron chi connectivity index (χ2n) is 4.33. The first-order valence-corrected chi connectivity index (χ1v) is 5.95. The average molecular weight is 304 g/mol. The zero-order chi connectivity index (χ0) is 15.6. The van der Waals surface area contributed by atoms with E-state index in [-0.39, 0.29) is 29.9 Å². The third-order valence-corrected chi connectivity index (χ3v) is 2.88. The number of amides is 1. The molecular weight excluding hydrogens is 292 g/mol. The van der Waals surface area contributed by atoms with Gasteiger partial charge in [0.2, 0.25) is 0 Å². The molecule has 0 unspecified atom stereocenters. The Morgan fingerprint density at radius 3 is 2.86 bits per heavy atom. The summed E-state index contributed by atoms with van der Waals surface area (Å²) in [7, 11) is 0.0869. The quantitative estimate of drug-likeness (QED) is 0.310. The highest BCUT2D eigenvalue weighted by Crippen LogP contribution is 2.34. The largest absolute Gasteiger partial charge is 0.491 e. The Balaban J connectivity index is 2.36. The van der Waals surface area contributed by atoms with Crippen molar-refractivity contribution in [1.82, 2.24) is 10.8 Å². The lowest BCUT2D eigenvalue weighted by molar-refractivity contribution is -0.138. The van der Waals surface area contributed by atoms with Gasteiger partial charge < -0.3 is 9.68 Å². The van der Waals surface area contributed by atoms with Gasteiger partial charge in [0.05, 0.1) is 12.2 Å². The van der Waals surface area contributed by atoms with Crippen LogP contribution in [-0.4, -0.2) is 31.8 Å². The first-order valence-electron chi connectivity index (χ1n) is 5.95. The average Bonchev–Trinajstić information content (AvgIpc) is 2.78. The highest BCUT2D eigenvalue weighted by atomic mass is 19.4. The fourth-order valence-corrected chi connectivity index (χ4v) is 1.94. The van der Waals surface area contributed by atoms with E-state index < -0.39 is 24.8 Å². The molecular formula is C11H12BF3N2O4. The van der Waals surface area contributed by atoms with Crippen molar-refractivity contribution in [2.45, 2.75) is 12.8 Å². The standard InChI is InChI=1S/C11H12BF3N2O4/c1-16-5-21-17-10(18)6-2-8(11(13,14)15)7-4-20-12(19)9(7)3-6/h2-3,16,19H,4-5H2,1H3,(H,17,18). The molecule has 0 fully saturated rings. The van der Waals surface area contributed by atoms with Gasteiger partial charge in [0.15, 0.2) is 0 Å². The van der Waals surface area contributed by atoms with Crippen molar-refractivity contribution >= 4 is 18.5 Å². The Bertz CT molecular complexity index is 553. The van der Waals surface area contributed by atoms with Crippen LogP contribution in [0.5, 0.6) is 0 Å². The van der Waals surface area contributed by atoms with Crippen molar-refractivity contribution in [3.05, 3.63) is 28.8 Å². The molecule has 0 saturated heterocycles. The van der Waals surface area contributed by atoms with Gasteiger partial charge in [-0.05, 0) is 30.2 Å². The molecule has 2 rings (SSSR count). The number of carbonyl (C=O) groups is 1. The summed E-state index contributed by atoms with van der Waals surface area (Å²) < 4.78 is 43.8. The van der Waals surface area contributed by atoms with Crippen LogP contribution >= 0.6 is 0 Å². The second-order valence-corrected chi connectivity index (χ2v) is 4.33.